The maximum absolute atomic E-state index is 13.8. The largest absolute Gasteiger partial charge is 0.392 e. The van der Waals surface area contributed by atoms with Gasteiger partial charge in [-0.1, -0.05) is 115 Å². The lowest BCUT2D eigenvalue weighted by Crippen LogP contribution is -2.49. The molecule has 58 heavy (non-hydrogen) atoms. The normalized spacial score (nSPS) is 21.6. The molecule has 5 aromatic rings. The Morgan fingerprint density at radius 3 is 2.12 bits per heavy atom. The van der Waals surface area contributed by atoms with Crippen LogP contribution < -0.4 is 10.0 Å². The zero-order valence-electron chi connectivity index (χ0n) is 32.6. The smallest absolute Gasteiger partial charge is 0.242 e. The van der Waals surface area contributed by atoms with Crippen LogP contribution in [0.3, 0.4) is 0 Å². The number of amides is 1. The van der Waals surface area contributed by atoms with Gasteiger partial charge in [0.1, 0.15) is 6.04 Å². The van der Waals surface area contributed by atoms with Gasteiger partial charge in [0, 0.05) is 41.8 Å². The maximum atomic E-state index is 13.8. The van der Waals surface area contributed by atoms with Crippen LogP contribution >= 0.6 is 11.6 Å². The van der Waals surface area contributed by atoms with Gasteiger partial charge in [-0.2, -0.15) is 4.72 Å². The third-order valence-electron chi connectivity index (χ3n) is 11.3. The van der Waals surface area contributed by atoms with E-state index in [2.05, 4.69) is 21.9 Å². The quantitative estimate of drug-likeness (QED) is 0.0962. The van der Waals surface area contributed by atoms with E-state index in [0.717, 1.165) is 33.4 Å². The third kappa shape index (κ3) is 10.0. The van der Waals surface area contributed by atoms with Gasteiger partial charge >= 0.3 is 0 Å². The van der Waals surface area contributed by atoms with Crippen molar-refractivity contribution in [2.24, 2.45) is 5.92 Å². The molecule has 2 saturated heterocycles. The molecule has 12 heteroatoms. The number of halogens is 1. The second-order valence-corrected chi connectivity index (χ2v) is 17.6. The van der Waals surface area contributed by atoms with Crippen molar-refractivity contribution < 1.29 is 32.9 Å². The number of carbonyl (C=O) groups is 1. The first-order valence-electron chi connectivity index (χ1n) is 19.6. The molecular formula is C46H50ClN3O7S. The van der Waals surface area contributed by atoms with E-state index in [1.165, 1.54) is 12.1 Å². The molecule has 4 N–H and O–H groups in total. The van der Waals surface area contributed by atoms with Crippen molar-refractivity contribution in [1.82, 2.24) is 9.62 Å². The van der Waals surface area contributed by atoms with Gasteiger partial charge in [0.2, 0.25) is 15.9 Å². The van der Waals surface area contributed by atoms with Gasteiger partial charge in [0.05, 0.1) is 29.3 Å². The number of benzene rings is 5. The molecule has 2 heterocycles. The number of aliphatic hydroxyl groups is 2. The third-order valence-corrected chi connectivity index (χ3v) is 13.0. The first-order chi connectivity index (χ1) is 27.9. The highest BCUT2D eigenvalue weighted by molar-refractivity contribution is 7.89. The van der Waals surface area contributed by atoms with Crippen molar-refractivity contribution in [2.45, 2.75) is 74.8 Å². The minimum absolute atomic E-state index is 0.0305. The fourth-order valence-corrected chi connectivity index (χ4v) is 9.02. The Labute approximate surface area is 345 Å². The van der Waals surface area contributed by atoms with Gasteiger partial charge in [-0.05, 0) is 84.8 Å². The van der Waals surface area contributed by atoms with E-state index >= 15 is 0 Å². The number of nitrogens with one attached hydrogen (secondary N) is 2. The molecule has 2 aliphatic rings. The van der Waals surface area contributed by atoms with Gasteiger partial charge in [-0.3, -0.25) is 4.79 Å². The second kappa shape index (κ2) is 18.2. The van der Waals surface area contributed by atoms with E-state index in [-0.39, 0.29) is 36.0 Å². The Kier molecular flexibility index (Phi) is 13.1. The van der Waals surface area contributed by atoms with Crippen LogP contribution in [0.4, 0.5) is 5.69 Å². The molecule has 0 bridgehead atoms. The Hall–Kier alpha value is -4.43. The molecule has 0 spiro atoms. The van der Waals surface area contributed by atoms with E-state index in [1.54, 1.807) is 24.3 Å². The molecular weight excluding hydrogens is 774 g/mol. The molecule has 0 aromatic heterocycles. The molecule has 2 aliphatic heterocycles. The summed E-state index contributed by atoms with van der Waals surface area (Å²) in [7, 11) is -4.00. The summed E-state index contributed by atoms with van der Waals surface area (Å²) in [6, 6.07) is 37.1. The van der Waals surface area contributed by atoms with Crippen LogP contribution in [0.2, 0.25) is 5.02 Å². The van der Waals surface area contributed by atoms with Crippen molar-refractivity contribution in [2.75, 3.05) is 25.0 Å². The second-order valence-electron chi connectivity index (χ2n) is 15.4. The summed E-state index contributed by atoms with van der Waals surface area (Å²) < 4.78 is 42.8. The molecule has 0 aliphatic carbocycles. The number of anilines is 1. The van der Waals surface area contributed by atoms with Gasteiger partial charge in [-0.25, -0.2) is 8.42 Å². The Balaban J connectivity index is 1.07. The number of nitrogens with zero attached hydrogens (tertiary/aromatic N) is 1. The van der Waals surface area contributed by atoms with Crippen LogP contribution in [0.25, 0.3) is 0 Å². The molecule has 7 rings (SSSR count). The SMILES string of the molecule is Cc1ccc(S(=O)(=O)N[C@H](Cc2ccccc2)C(=O)Nc2ccc([C@H]3O[C@@H](CN4CCC(O)(c5ccc(Cl)cc5)CC4)[C@@H](C)[C@@H](c4ccc(CO)cc4)O3)cc2)cc1. The molecule has 0 unspecified atom stereocenters. The summed E-state index contributed by atoms with van der Waals surface area (Å²) in [5.41, 5.74) is 4.70. The first-order valence-corrected chi connectivity index (χ1v) is 21.5. The van der Waals surface area contributed by atoms with Crippen molar-refractivity contribution >= 4 is 33.2 Å². The highest BCUT2D eigenvalue weighted by Crippen LogP contribution is 2.43. The van der Waals surface area contributed by atoms with Gasteiger partial charge in [0.15, 0.2) is 6.29 Å². The average Bonchev–Trinajstić information content (AvgIpc) is 3.23. The van der Waals surface area contributed by atoms with Gasteiger partial charge in [-0.15, -0.1) is 0 Å². The predicted molar refractivity (Wildman–Crippen MR) is 224 cm³/mol. The molecule has 0 saturated carbocycles. The van der Waals surface area contributed by atoms with Crippen molar-refractivity contribution in [3.8, 4) is 0 Å². The van der Waals surface area contributed by atoms with Crippen LogP contribution in [0.5, 0.6) is 0 Å². The molecule has 5 aromatic carbocycles. The summed E-state index contributed by atoms with van der Waals surface area (Å²) in [5, 5.41) is 24.7. The molecule has 2 fully saturated rings. The number of sulfonamides is 1. The highest BCUT2D eigenvalue weighted by atomic mass is 35.5. The standard InChI is InChI=1S/C46H50ClN3O7S/c1-31-8-22-40(23-9-31)58(54,55)49-41(28-33-6-4-3-5-7-33)44(52)48-39-20-14-36(15-21-39)45-56-42(32(2)43(57-45)35-12-10-34(30-51)11-13-35)29-50-26-24-46(53,25-27-50)37-16-18-38(47)19-17-37/h3-23,32,41-43,45,49,51,53H,24-30H2,1-2H3,(H,48,52)/t32-,41-,42+,43+,45+/m1/s1. The molecule has 10 nitrogen and oxygen atoms in total. The number of ether oxygens (including phenoxy) is 2. The first kappa shape index (κ1) is 41.7. The van der Waals surface area contributed by atoms with E-state index in [1.807, 2.05) is 97.9 Å². The number of hydrogen-bond donors (Lipinski definition) is 4. The summed E-state index contributed by atoms with van der Waals surface area (Å²) in [6.45, 7) is 5.96. The van der Waals surface area contributed by atoms with Crippen molar-refractivity contribution in [3.63, 3.8) is 0 Å². The minimum atomic E-state index is -4.00. The van der Waals surface area contributed by atoms with Crippen molar-refractivity contribution in [1.29, 1.82) is 0 Å². The van der Waals surface area contributed by atoms with E-state index < -0.39 is 33.9 Å². The number of likely N-dealkylation sites (tertiary alicyclic amines) is 1. The summed E-state index contributed by atoms with van der Waals surface area (Å²) in [6.07, 6.45) is 0.0475. The van der Waals surface area contributed by atoms with E-state index in [0.29, 0.717) is 43.2 Å². The zero-order valence-corrected chi connectivity index (χ0v) is 34.2. The molecule has 1 amide bonds. The minimum Gasteiger partial charge on any atom is -0.392 e. The number of rotatable bonds is 13. The lowest BCUT2D eigenvalue weighted by atomic mass is 9.84. The monoisotopic (exact) mass is 823 g/mol. The number of carbonyl (C=O) groups excluding carboxylic acids is 1. The highest BCUT2D eigenvalue weighted by Gasteiger charge is 2.41. The Morgan fingerprint density at radius 2 is 1.48 bits per heavy atom. The lowest BCUT2D eigenvalue weighted by molar-refractivity contribution is -0.277. The van der Waals surface area contributed by atoms with Crippen LogP contribution in [0.1, 0.15) is 65.5 Å². The predicted octanol–water partition coefficient (Wildman–Crippen LogP) is 7.44. The summed E-state index contributed by atoms with van der Waals surface area (Å²) >= 11 is 6.11. The number of piperidine rings is 1. The number of aryl methyl sites for hydroxylation is 1. The zero-order chi connectivity index (χ0) is 40.9. The Morgan fingerprint density at radius 1 is 0.845 bits per heavy atom. The molecule has 5 atom stereocenters. The van der Waals surface area contributed by atoms with Crippen LogP contribution in [0.15, 0.2) is 132 Å². The number of hydrogen-bond acceptors (Lipinski definition) is 8. The van der Waals surface area contributed by atoms with Crippen LogP contribution in [0, 0.1) is 12.8 Å². The number of aliphatic hydroxyl groups excluding tert-OH is 1. The molecule has 304 valence electrons. The summed E-state index contributed by atoms with van der Waals surface area (Å²) in [5.74, 6) is -0.528. The van der Waals surface area contributed by atoms with Crippen LogP contribution in [-0.2, 0) is 42.9 Å². The van der Waals surface area contributed by atoms with Crippen molar-refractivity contribution in [3.05, 3.63) is 166 Å². The van der Waals surface area contributed by atoms with Gasteiger partial charge < -0.3 is 29.9 Å². The van der Waals surface area contributed by atoms with Gasteiger partial charge in [0.25, 0.3) is 0 Å². The lowest BCUT2D eigenvalue weighted by Gasteiger charge is -2.45. The van der Waals surface area contributed by atoms with E-state index in [9.17, 15) is 23.4 Å². The van der Waals surface area contributed by atoms with E-state index in [4.69, 9.17) is 21.1 Å². The average molecular weight is 824 g/mol. The fourth-order valence-electron chi connectivity index (χ4n) is 7.70. The fraction of sp³-hybridized carbons (Fsp3) is 0.326. The maximum Gasteiger partial charge on any atom is 0.242 e. The molecule has 0 radical (unpaired) electrons. The summed E-state index contributed by atoms with van der Waals surface area (Å²) in [4.78, 5) is 16.2. The Bertz CT molecular complexity index is 2230. The topological polar surface area (TPSA) is 137 Å². The van der Waals surface area contributed by atoms with Crippen LogP contribution in [-0.4, -0.2) is 61.2 Å².